The van der Waals surface area contributed by atoms with Crippen molar-refractivity contribution in [2.45, 2.75) is 257 Å². The maximum absolute atomic E-state index is 12.7. The molecular formula is C65H104N4O10. The van der Waals surface area contributed by atoms with Crippen molar-refractivity contribution in [2.75, 3.05) is 0 Å². The number of nitrogens with one attached hydrogen (secondary N) is 4. The van der Waals surface area contributed by atoms with Gasteiger partial charge in [-0.15, -0.1) is 0 Å². The van der Waals surface area contributed by atoms with Gasteiger partial charge in [0.2, 0.25) is 41.4 Å². The smallest absolute Gasteiger partial charge is 0.313 e. The molecule has 0 aromatic rings. The van der Waals surface area contributed by atoms with E-state index in [1.807, 2.05) is 90.0 Å². The van der Waals surface area contributed by atoms with E-state index in [2.05, 4.69) is 21.3 Å². The average molecular weight is 1100 g/mol. The van der Waals surface area contributed by atoms with Gasteiger partial charge >= 0.3 is 5.97 Å². The predicted octanol–water partition coefficient (Wildman–Crippen LogP) is 11.6. The van der Waals surface area contributed by atoms with Crippen LogP contribution in [-0.4, -0.2) is 58.8 Å². The Morgan fingerprint density at radius 2 is 0.873 bits per heavy atom. The van der Waals surface area contributed by atoms with E-state index in [0.717, 1.165) is 86.4 Å². The number of carbonyl (C=O) groups is 9. The van der Waals surface area contributed by atoms with Crippen LogP contribution in [0.2, 0.25) is 0 Å². The Morgan fingerprint density at radius 3 is 1.23 bits per heavy atom. The Morgan fingerprint density at radius 1 is 0.481 bits per heavy atom. The lowest BCUT2D eigenvalue weighted by Crippen LogP contribution is -2.56. The van der Waals surface area contributed by atoms with Gasteiger partial charge < -0.3 is 4.74 Å². The first kappa shape index (κ1) is 62.6. The maximum atomic E-state index is 12.7. The van der Waals surface area contributed by atoms with Crippen LogP contribution in [0.3, 0.4) is 0 Å². The molecule has 4 N–H and O–H groups in total. The van der Waals surface area contributed by atoms with Gasteiger partial charge in [0.25, 0.3) is 5.91 Å². The Balaban J connectivity index is 0.000000153. The Labute approximate surface area is 474 Å². The molecule has 1 heterocycles. The molecule has 0 radical (unpaired) electrons. The van der Waals surface area contributed by atoms with Crippen molar-refractivity contribution in [3.05, 3.63) is 0 Å². The van der Waals surface area contributed by atoms with Gasteiger partial charge in [0, 0.05) is 39.4 Å². The summed E-state index contributed by atoms with van der Waals surface area (Å²) < 4.78 is 5.47. The highest BCUT2D eigenvalue weighted by Crippen LogP contribution is 2.66. The second kappa shape index (κ2) is 22.6. The van der Waals surface area contributed by atoms with E-state index in [1.165, 1.54) is 77.0 Å². The number of esters is 1. The second-order valence-electron chi connectivity index (χ2n) is 31.0. The second-order valence-corrected chi connectivity index (χ2v) is 31.0. The molecule has 14 heteroatoms. The molecule has 12 bridgehead atoms. The lowest BCUT2D eigenvalue weighted by molar-refractivity contribution is -0.169. The fraction of sp³-hybridized carbons (Fsp3) is 0.862. The summed E-state index contributed by atoms with van der Waals surface area (Å²) in [7, 11) is 0. The summed E-state index contributed by atoms with van der Waals surface area (Å²) in [5.41, 5.74) is -4.46. The van der Waals surface area contributed by atoms with E-state index in [4.69, 9.17) is 4.74 Å². The molecule has 1 aliphatic heterocycles. The molecule has 11 aliphatic carbocycles. The summed E-state index contributed by atoms with van der Waals surface area (Å²) in [4.78, 5) is 111. The van der Waals surface area contributed by atoms with E-state index in [-0.39, 0.29) is 64.1 Å². The predicted molar refractivity (Wildman–Crippen MR) is 304 cm³/mol. The highest BCUT2D eigenvalue weighted by molar-refractivity contribution is 6.05. The minimum Gasteiger partial charge on any atom is -0.448 e. The van der Waals surface area contributed by atoms with E-state index in [0.29, 0.717) is 31.6 Å². The first-order valence-corrected chi connectivity index (χ1v) is 31.2. The number of hydrogen-bond donors (Lipinski definition) is 4. The molecule has 12 aliphatic rings. The normalized spacial score (nSPS) is 35.6. The molecule has 0 aromatic heterocycles. The van der Waals surface area contributed by atoms with Gasteiger partial charge in [-0.2, -0.15) is 0 Å². The van der Waals surface area contributed by atoms with Crippen LogP contribution < -0.4 is 21.3 Å². The SMILES string of the molecule is CCC(C)(C)C(=O)NC(=O)C12CC3CC(CC(C3)C1)C2.CCC(C)(C)C(=O)NC(=O)C12CCC(C)(C(=O)O1)C2(C)C.CCC(C)(C)C(=O)NC(=O)C1CC2CCC1C2.CCC(C)(C)C(=O)NC(=O)CC12CC3CC(CC(C3)C1)C2. The van der Waals surface area contributed by atoms with Gasteiger partial charge in [-0.25, -0.2) is 0 Å². The molecule has 12 fully saturated rings. The Bertz CT molecular complexity index is 2330. The van der Waals surface area contributed by atoms with E-state index in [9.17, 15) is 43.2 Å². The summed E-state index contributed by atoms with van der Waals surface area (Å²) in [6.45, 7) is 28.4. The number of ether oxygens (including phenoxy) is 1. The van der Waals surface area contributed by atoms with Crippen LogP contribution in [0.5, 0.6) is 0 Å². The van der Waals surface area contributed by atoms with Gasteiger partial charge in [-0.05, 0) is 195 Å². The first-order chi connectivity index (χ1) is 36.5. The van der Waals surface area contributed by atoms with Crippen molar-refractivity contribution in [2.24, 2.45) is 96.6 Å². The monoisotopic (exact) mass is 1100 g/mol. The van der Waals surface area contributed by atoms with Gasteiger partial charge in [0.15, 0.2) is 5.60 Å². The third-order valence-corrected chi connectivity index (χ3v) is 23.7. The Hall–Kier alpha value is -3.97. The summed E-state index contributed by atoms with van der Waals surface area (Å²) in [6.07, 6.45) is 24.0. The van der Waals surface area contributed by atoms with Crippen LogP contribution in [0.1, 0.15) is 252 Å². The summed E-state index contributed by atoms with van der Waals surface area (Å²) in [5.74, 6) is 4.66. The fourth-order valence-corrected chi connectivity index (χ4v) is 16.7. The van der Waals surface area contributed by atoms with E-state index in [1.54, 1.807) is 13.8 Å². The van der Waals surface area contributed by atoms with Crippen LogP contribution in [-0.2, 0) is 47.9 Å². The van der Waals surface area contributed by atoms with Crippen molar-refractivity contribution in [3.8, 4) is 0 Å². The van der Waals surface area contributed by atoms with Crippen molar-refractivity contribution < 1.29 is 47.9 Å². The molecule has 1 saturated heterocycles. The third-order valence-electron chi connectivity index (χ3n) is 23.7. The lowest BCUT2D eigenvalue weighted by atomic mass is 9.49. The van der Waals surface area contributed by atoms with Crippen LogP contribution in [0.25, 0.3) is 0 Å². The number of hydrogen-bond acceptors (Lipinski definition) is 10. The fourth-order valence-electron chi connectivity index (χ4n) is 16.7. The number of amides is 8. The lowest BCUT2D eigenvalue weighted by Gasteiger charge is -2.56. The van der Waals surface area contributed by atoms with Crippen LogP contribution in [0.4, 0.5) is 0 Å². The Kier molecular flexibility index (Phi) is 18.0. The first-order valence-electron chi connectivity index (χ1n) is 31.2. The number of imide groups is 4. The van der Waals surface area contributed by atoms with Crippen molar-refractivity contribution in [3.63, 3.8) is 0 Å². The quantitative estimate of drug-likeness (QED) is 0.128. The molecule has 0 aromatic carbocycles. The van der Waals surface area contributed by atoms with E-state index >= 15 is 0 Å². The summed E-state index contributed by atoms with van der Waals surface area (Å²) >= 11 is 0. The molecule has 12 rings (SSSR count). The molecule has 14 nitrogen and oxygen atoms in total. The largest absolute Gasteiger partial charge is 0.448 e. The van der Waals surface area contributed by atoms with Gasteiger partial charge in [0.1, 0.15) is 0 Å². The summed E-state index contributed by atoms with van der Waals surface area (Å²) in [5, 5.41) is 10.5. The molecular weight excluding hydrogens is 997 g/mol. The molecule has 5 unspecified atom stereocenters. The zero-order chi connectivity index (χ0) is 58.7. The highest BCUT2D eigenvalue weighted by Gasteiger charge is 2.76. The number of fused-ring (bicyclic) bond motifs is 4. The zero-order valence-corrected chi connectivity index (χ0v) is 51.5. The average Bonchev–Trinajstić information content (AvgIpc) is 4.24. The van der Waals surface area contributed by atoms with Crippen molar-refractivity contribution >= 4 is 53.2 Å². The third kappa shape index (κ3) is 12.4. The highest BCUT2D eigenvalue weighted by atomic mass is 16.6. The molecule has 11 saturated carbocycles. The molecule has 8 amide bonds. The topological polar surface area (TPSA) is 211 Å². The summed E-state index contributed by atoms with van der Waals surface area (Å²) in [6, 6.07) is 0. The molecule has 444 valence electrons. The van der Waals surface area contributed by atoms with Gasteiger partial charge in [-0.1, -0.05) is 103 Å². The van der Waals surface area contributed by atoms with Crippen LogP contribution in [0.15, 0.2) is 0 Å². The van der Waals surface area contributed by atoms with Crippen LogP contribution in [0, 0.1) is 96.6 Å². The zero-order valence-electron chi connectivity index (χ0n) is 51.5. The van der Waals surface area contributed by atoms with Gasteiger partial charge in [-0.3, -0.25) is 64.4 Å². The van der Waals surface area contributed by atoms with Crippen molar-refractivity contribution in [1.29, 1.82) is 0 Å². The number of carbonyl (C=O) groups excluding carboxylic acids is 9. The van der Waals surface area contributed by atoms with Gasteiger partial charge in [0.05, 0.1) is 10.8 Å². The minimum absolute atomic E-state index is 0.0243. The molecule has 79 heavy (non-hydrogen) atoms. The van der Waals surface area contributed by atoms with E-state index < -0.39 is 44.0 Å². The van der Waals surface area contributed by atoms with Crippen molar-refractivity contribution in [1.82, 2.24) is 21.3 Å². The molecule has 5 atom stereocenters. The van der Waals surface area contributed by atoms with Crippen LogP contribution >= 0.6 is 0 Å². The minimum atomic E-state index is -1.22. The number of rotatable bonds is 13. The molecule has 0 spiro atoms. The maximum Gasteiger partial charge on any atom is 0.313 e. The standard InChI is InChI=1S/C18H29NO2.C17H27NO2.C16H25NO4.C14H23NO2/c1-4-17(2,3)16(21)19-15(20)11-18-8-12-5-13(9-18)7-14(6-12)10-18;1-4-16(2,3)14(19)18-15(20)17-8-11-5-12(9-17)7-13(6-11)10-17;1-7-13(2,3)10(18)17-11(19)16-9-8-15(6,12(20)21-16)14(16,4)5;1-4-14(2,3)13(17)15-12(16)11-8-9-5-6-10(11)7-9/h12-14H,4-11H2,1-3H3,(H,19,20,21);11-13H,4-10H2,1-3H3,(H,18,19,20);7-9H2,1-6H3,(H,17,18,19);9-11H,4-8H2,1-3H3,(H,15,16,17).